The van der Waals surface area contributed by atoms with Crippen molar-refractivity contribution in [3.63, 3.8) is 0 Å². The van der Waals surface area contributed by atoms with Crippen LogP contribution in [0.15, 0.2) is 31.1 Å². The molecule has 0 spiro atoms. The lowest BCUT2D eigenvalue weighted by Gasteiger charge is -2.27. The number of rotatable bonds is 2. The molecule has 1 aromatic carbocycles. The number of ether oxygens (including phenoxy) is 2. The first-order valence-electron chi connectivity index (χ1n) is 13.0. The second-order valence-corrected chi connectivity index (χ2v) is 13.9. The van der Waals surface area contributed by atoms with Gasteiger partial charge in [-0.2, -0.15) is 0 Å². The molecule has 3 fully saturated rings. The fourth-order valence-corrected chi connectivity index (χ4v) is 7.66. The molecule has 0 saturated carbocycles. The maximum Gasteiger partial charge on any atom is 0.472 e. The van der Waals surface area contributed by atoms with E-state index < -0.39 is 77.9 Å². The van der Waals surface area contributed by atoms with E-state index in [1.165, 1.54) is 33.9 Å². The smallest absolute Gasteiger partial charge is 0.386 e. The molecule has 19 nitrogen and oxygen atoms in total. The Morgan fingerprint density at radius 3 is 2.00 bits per heavy atom. The van der Waals surface area contributed by atoms with E-state index in [9.17, 15) is 29.1 Å². The minimum Gasteiger partial charge on any atom is -0.386 e. The van der Waals surface area contributed by atoms with Gasteiger partial charge in [0.2, 0.25) is 0 Å². The third kappa shape index (κ3) is 5.66. The standard InChI is InChI=1S/C22H23Cl2N7O12P2/c23-8-1-10-11(2-9(8)24)30(6-28-10)21-15(32)17-12(40-21)3-38-45(36,37)43-18-13(4-39-44(34,35)42-17)41-22(16(18)33)31-7-29-14-19(25)26-5-27-20(14)31/h1-2,5-7,12-13,15-18,21-22,32-33H,3-4H2,(H,34,35)(H,36,37)(H2,25,26,27). The van der Waals surface area contributed by atoms with Crippen molar-refractivity contribution in [1.29, 1.82) is 0 Å². The van der Waals surface area contributed by atoms with E-state index in [0.29, 0.717) is 11.0 Å². The van der Waals surface area contributed by atoms with Gasteiger partial charge >= 0.3 is 15.6 Å². The summed E-state index contributed by atoms with van der Waals surface area (Å²) in [5.41, 5.74) is 6.98. The number of anilines is 1. The van der Waals surface area contributed by atoms with Crippen LogP contribution in [0.5, 0.6) is 0 Å². The van der Waals surface area contributed by atoms with Crippen molar-refractivity contribution in [1.82, 2.24) is 29.1 Å². The summed E-state index contributed by atoms with van der Waals surface area (Å²) in [4.78, 5) is 37.5. The van der Waals surface area contributed by atoms with Gasteiger partial charge in [0.05, 0.1) is 46.9 Å². The van der Waals surface area contributed by atoms with Crippen molar-refractivity contribution in [3.05, 3.63) is 41.2 Å². The second kappa shape index (κ2) is 11.4. The summed E-state index contributed by atoms with van der Waals surface area (Å²) in [7, 11) is -10.0. The lowest BCUT2D eigenvalue weighted by atomic mass is 10.1. The van der Waals surface area contributed by atoms with Crippen LogP contribution in [0, 0.1) is 0 Å². The highest BCUT2D eigenvalue weighted by molar-refractivity contribution is 7.47. The number of fused-ring (bicyclic) bond motifs is 4. The zero-order valence-electron chi connectivity index (χ0n) is 22.4. The van der Waals surface area contributed by atoms with Crippen LogP contribution in [-0.2, 0) is 36.7 Å². The van der Waals surface area contributed by atoms with E-state index in [4.69, 9.17) is 56.5 Å². The molecule has 23 heteroatoms. The number of phosphoric ester groups is 2. The van der Waals surface area contributed by atoms with Crippen LogP contribution in [0.1, 0.15) is 12.5 Å². The number of phosphoric acid groups is 2. The molecule has 0 bridgehead atoms. The van der Waals surface area contributed by atoms with Crippen molar-refractivity contribution in [2.45, 2.75) is 49.1 Å². The number of nitrogens with zero attached hydrogens (tertiary/aromatic N) is 6. The number of halogens is 2. The highest BCUT2D eigenvalue weighted by Crippen LogP contribution is 2.53. The lowest BCUT2D eigenvalue weighted by Crippen LogP contribution is -2.39. The summed E-state index contributed by atoms with van der Waals surface area (Å²) in [5.74, 6) is 0.0514. The normalized spacial score (nSPS) is 37.7. The molecule has 45 heavy (non-hydrogen) atoms. The molecule has 10 unspecified atom stereocenters. The zero-order valence-corrected chi connectivity index (χ0v) is 25.7. The van der Waals surface area contributed by atoms with Gasteiger partial charge in [0.25, 0.3) is 0 Å². The highest BCUT2D eigenvalue weighted by atomic mass is 35.5. The monoisotopic (exact) mass is 709 g/mol. The summed E-state index contributed by atoms with van der Waals surface area (Å²) in [6.45, 7) is -1.55. The van der Waals surface area contributed by atoms with Crippen LogP contribution in [0.2, 0.25) is 10.0 Å². The Balaban J connectivity index is 1.16. The van der Waals surface area contributed by atoms with Gasteiger partial charge in [-0.05, 0) is 12.1 Å². The molecule has 3 aliphatic rings. The van der Waals surface area contributed by atoms with Gasteiger partial charge in [-0.25, -0.2) is 29.1 Å². The van der Waals surface area contributed by atoms with Gasteiger partial charge in [-0.15, -0.1) is 0 Å². The molecule has 6 N–H and O–H groups in total. The number of imidazole rings is 2. The van der Waals surface area contributed by atoms with Crippen molar-refractivity contribution in [2.24, 2.45) is 0 Å². The molecule has 6 heterocycles. The number of hydrogen-bond donors (Lipinski definition) is 5. The fourth-order valence-electron chi connectivity index (χ4n) is 5.41. The fraction of sp³-hybridized carbons (Fsp3) is 0.455. The van der Waals surface area contributed by atoms with E-state index in [1.54, 1.807) is 0 Å². The summed E-state index contributed by atoms with van der Waals surface area (Å²) >= 11 is 12.2. The SMILES string of the molecule is Nc1ncnc2c1ncn2C1OC2COP(=O)(O)OC3C(COP(=O)(O)OC2C1O)OC(n1cnc2cc(Cl)c(Cl)cc21)C3O. The summed E-state index contributed by atoms with van der Waals surface area (Å²) in [6.07, 6.45) is -8.30. The van der Waals surface area contributed by atoms with Gasteiger partial charge in [-0.1, -0.05) is 23.2 Å². The number of benzene rings is 1. The quantitative estimate of drug-likeness (QED) is 0.184. The highest BCUT2D eigenvalue weighted by Gasteiger charge is 2.54. The summed E-state index contributed by atoms with van der Waals surface area (Å²) < 4.78 is 61.5. The maximum atomic E-state index is 13.1. The topological polar surface area (TPSA) is 258 Å². The minimum atomic E-state index is -5.00. The first-order chi connectivity index (χ1) is 21.3. The van der Waals surface area contributed by atoms with Gasteiger partial charge in [-0.3, -0.25) is 22.7 Å². The van der Waals surface area contributed by atoms with Crippen LogP contribution >= 0.6 is 38.8 Å². The van der Waals surface area contributed by atoms with Gasteiger partial charge < -0.3 is 39.8 Å². The molecule has 242 valence electrons. The van der Waals surface area contributed by atoms with Crippen LogP contribution in [0.3, 0.4) is 0 Å². The molecular weight excluding hydrogens is 687 g/mol. The van der Waals surface area contributed by atoms with Crippen LogP contribution in [-0.4, -0.2) is 98.9 Å². The first-order valence-corrected chi connectivity index (χ1v) is 16.8. The second-order valence-electron chi connectivity index (χ2n) is 10.3. The van der Waals surface area contributed by atoms with Crippen LogP contribution in [0.25, 0.3) is 22.2 Å². The van der Waals surface area contributed by atoms with Crippen molar-refractivity contribution in [3.8, 4) is 0 Å². The molecule has 4 aromatic rings. The Kier molecular flexibility index (Phi) is 7.95. The van der Waals surface area contributed by atoms with E-state index in [0.717, 1.165) is 6.33 Å². The largest absolute Gasteiger partial charge is 0.472 e. The lowest BCUT2D eigenvalue weighted by molar-refractivity contribution is -0.0663. The average Bonchev–Trinajstić information content (AvgIpc) is 3.73. The number of aliphatic hydroxyl groups is 2. The predicted molar refractivity (Wildman–Crippen MR) is 151 cm³/mol. The number of aromatic nitrogens is 6. The minimum absolute atomic E-state index is 0.0514. The molecule has 3 saturated heterocycles. The van der Waals surface area contributed by atoms with E-state index in [1.807, 2.05) is 0 Å². The molecular formula is C22H23Cl2N7O12P2. The van der Waals surface area contributed by atoms with Crippen LogP contribution < -0.4 is 5.73 Å². The predicted octanol–water partition coefficient (Wildman–Crippen LogP) is 1.30. The number of hydrogen-bond acceptors (Lipinski definition) is 15. The van der Waals surface area contributed by atoms with Gasteiger partial charge in [0.15, 0.2) is 23.9 Å². The summed E-state index contributed by atoms with van der Waals surface area (Å²) in [6, 6.07) is 2.97. The first kappa shape index (κ1) is 31.3. The number of nitrogen functional groups attached to an aromatic ring is 1. The molecule has 0 amide bonds. The summed E-state index contributed by atoms with van der Waals surface area (Å²) in [5, 5.41) is 22.7. The molecule has 0 radical (unpaired) electrons. The third-order valence-corrected chi connectivity index (χ3v) is 10.2. The molecule has 0 aliphatic carbocycles. The molecule has 3 aromatic heterocycles. The Bertz CT molecular complexity index is 1880. The molecule has 7 rings (SSSR count). The Morgan fingerprint density at radius 1 is 0.822 bits per heavy atom. The number of nitrogens with two attached hydrogens (primary N) is 1. The third-order valence-electron chi connectivity index (χ3n) is 7.48. The van der Waals surface area contributed by atoms with E-state index in [2.05, 4.69) is 19.9 Å². The Labute approximate surface area is 261 Å². The molecule has 3 aliphatic heterocycles. The van der Waals surface area contributed by atoms with E-state index in [-0.39, 0.29) is 27.0 Å². The Hall–Kier alpha value is -2.32. The Morgan fingerprint density at radius 2 is 1.38 bits per heavy atom. The molecule has 10 atom stereocenters. The van der Waals surface area contributed by atoms with E-state index >= 15 is 0 Å². The van der Waals surface area contributed by atoms with Crippen molar-refractivity contribution in [2.75, 3.05) is 18.9 Å². The van der Waals surface area contributed by atoms with Crippen LogP contribution in [0.4, 0.5) is 5.82 Å². The van der Waals surface area contributed by atoms with Crippen molar-refractivity contribution < 1.29 is 56.7 Å². The zero-order chi connectivity index (χ0) is 31.8. The number of aliphatic hydroxyl groups excluding tert-OH is 2. The van der Waals surface area contributed by atoms with Gasteiger partial charge in [0, 0.05) is 0 Å². The van der Waals surface area contributed by atoms with Crippen molar-refractivity contribution >= 4 is 66.9 Å². The average molecular weight is 710 g/mol. The maximum absolute atomic E-state index is 13.1. The van der Waals surface area contributed by atoms with Gasteiger partial charge in [0.1, 0.15) is 48.5 Å².